The third-order valence-corrected chi connectivity index (χ3v) is 8.89. The van der Waals surface area contributed by atoms with Crippen molar-refractivity contribution in [3.8, 4) is 0 Å². The summed E-state index contributed by atoms with van der Waals surface area (Å²) in [7, 11) is -3.80. The van der Waals surface area contributed by atoms with Crippen LogP contribution in [0.1, 0.15) is 49.7 Å². The van der Waals surface area contributed by atoms with Crippen LogP contribution in [0.5, 0.6) is 0 Å². The minimum atomic E-state index is -3.80. The van der Waals surface area contributed by atoms with Gasteiger partial charge >= 0.3 is 5.97 Å². The van der Waals surface area contributed by atoms with Crippen LogP contribution in [-0.4, -0.2) is 26.9 Å². The van der Waals surface area contributed by atoms with Gasteiger partial charge in [-0.15, -0.1) is 0 Å². The predicted molar refractivity (Wildman–Crippen MR) is 127 cm³/mol. The molecule has 0 aliphatic heterocycles. The van der Waals surface area contributed by atoms with Gasteiger partial charge in [0.25, 0.3) is 5.91 Å². The monoisotopic (exact) mass is 482 g/mol. The van der Waals surface area contributed by atoms with Gasteiger partial charge in [-0.3, -0.25) is 9.59 Å². The number of nitrogens with two attached hydrogens (primary N) is 1. The van der Waals surface area contributed by atoms with Crippen molar-refractivity contribution < 1.29 is 22.7 Å². The molecule has 0 aromatic heterocycles. The Hall–Kier alpha value is -2.71. The highest BCUT2D eigenvalue weighted by Gasteiger charge is 2.61. The molecule has 0 saturated heterocycles. The van der Waals surface area contributed by atoms with Crippen molar-refractivity contribution in [3.05, 3.63) is 59.7 Å². The van der Waals surface area contributed by atoms with Crippen molar-refractivity contribution in [1.82, 2.24) is 0 Å². The number of aryl methyl sites for hydroxylation is 1. The van der Waals surface area contributed by atoms with Crippen LogP contribution in [0.25, 0.3) is 0 Å². The van der Waals surface area contributed by atoms with Crippen molar-refractivity contribution in [2.75, 3.05) is 11.9 Å². The topological polar surface area (TPSA) is 116 Å². The summed E-state index contributed by atoms with van der Waals surface area (Å²) in [5.41, 5.74) is 2.45. The number of rotatable bonds is 6. The van der Waals surface area contributed by atoms with Gasteiger partial charge in [-0.05, 0) is 92.5 Å². The third-order valence-electron chi connectivity index (χ3n) is 7.96. The lowest BCUT2D eigenvalue weighted by Gasteiger charge is -2.61. The molecular formula is C26H30N2O5S. The molecule has 4 aliphatic carbocycles. The van der Waals surface area contributed by atoms with Crippen molar-refractivity contribution in [3.63, 3.8) is 0 Å². The van der Waals surface area contributed by atoms with Gasteiger partial charge in [-0.25, -0.2) is 13.6 Å². The number of benzene rings is 2. The Bertz CT molecular complexity index is 1210. The van der Waals surface area contributed by atoms with Crippen molar-refractivity contribution >= 4 is 27.6 Å². The molecule has 3 N–H and O–H groups in total. The Labute approximate surface area is 200 Å². The zero-order chi connectivity index (χ0) is 24.1. The van der Waals surface area contributed by atoms with Crippen LogP contribution in [-0.2, 0) is 29.8 Å². The Kier molecular flexibility index (Phi) is 5.56. The van der Waals surface area contributed by atoms with E-state index in [1.54, 1.807) is 0 Å². The third kappa shape index (κ3) is 4.25. The zero-order valence-electron chi connectivity index (χ0n) is 19.3. The minimum absolute atomic E-state index is 0.0180. The first-order chi connectivity index (χ1) is 16.1. The highest BCUT2D eigenvalue weighted by Crippen LogP contribution is 2.66. The fourth-order valence-corrected chi connectivity index (χ4v) is 7.47. The van der Waals surface area contributed by atoms with E-state index in [2.05, 4.69) is 36.5 Å². The molecular weight excluding hydrogens is 452 g/mol. The summed E-state index contributed by atoms with van der Waals surface area (Å²) in [6.45, 7) is 1.71. The van der Waals surface area contributed by atoms with Crippen LogP contribution in [0.15, 0.2) is 53.4 Å². The maximum atomic E-state index is 13.4. The van der Waals surface area contributed by atoms with Crippen LogP contribution in [0.4, 0.5) is 5.69 Å². The Balaban J connectivity index is 1.25. The lowest BCUT2D eigenvalue weighted by molar-refractivity contribution is -0.175. The normalized spacial score (nSPS) is 29.6. The summed E-state index contributed by atoms with van der Waals surface area (Å²) in [5, 5.41) is 7.73. The first-order valence-electron chi connectivity index (χ1n) is 11.7. The average Bonchev–Trinajstić information content (AvgIpc) is 2.76. The highest BCUT2D eigenvalue weighted by molar-refractivity contribution is 7.89. The molecule has 0 heterocycles. The second kappa shape index (κ2) is 8.20. The van der Waals surface area contributed by atoms with E-state index in [-0.39, 0.29) is 22.9 Å². The van der Waals surface area contributed by atoms with E-state index in [4.69, 9.17) is 9.88 Å². The van der Waals surface area contributed by atoms with Crippen LogP contribution in [0.3, 0.4) is 0 Å². The molecule has 4 atom stereocenters. The summed E-state index contributed by atoms with van der Waals surface area (Å²) in [4.78, 5) is 25.7. The zero-order valence-corrected chi connectivity index (χ0v) is 20.1. The summed E-state index contributed by atoms with van der Waals surface area (Å²) in [6, 6.07) is 14.3. The fraction of sp³-hybridized carbons (Fsp3) is 0.462. The Morgan fingerprint density at radius 3 is 2.21 bits per heavy atom. The van der Waals surface area contributed by atoms with Gasteiger partial charge in [0.1, 0.15) is 0 Å². The molecule has 2 aromatic carbocycles. The summed E-state index contributed by atoms with van der Waals surface area (Å²) >= 11 is 0. The predicted octanol–water partition coefficient (Wildman–Crippen LogP) is 3.66. The maximum Gasteiger partial charge on any atom is 0.312 e. The average molecular weight is 483 g/mol. The van der Waals surface area contributed by atoms with Crippen molar-refractivity contribution in [1.29, 1.82) is 0 Å². The van der Waals surface area contributed by atoms with Crippen molar-refractivity contribution in [2.24, 2.45) is 22.4 Å². The van der Waals surface area contributed by atoms with Crippen LogP contribution in [0.2, 0.25) is 0 Å². The number of hydrogen-bond acceptors (Lipinski definition) is 5. The number of ether oxygens (including phenoxy) is 1. The first-order valence-corrected chi connectivity index (χ1v) is 13.3. The van der Waals surface area contributed by atoms with Gasteiger partial charge in [0.05, 0.1) is 10.3 Å². The number of carbonyl (C=O) groups excluding carboxylic acids is 2. The molecule has 2 unspecified atom stereocenters. The number of anilines is 1. The van der Waals surface area contributed by atoms with E-state index in [1.165, 1.54) is 41.8 Å². The summed E-state index contributed by atoms with van der Waals surface area (Å²) in [6.07, 6.45) is 5.88. The minimum Gasteiger partial charge on any atom is -0.455 e. The molecule has 0 spiro atoms. The van der Waals surface area contributed by atoms with E-state index in [9.17, 15) is 18.0 Å². The molecule has 7 nitrogen and oxygen atoms in total. The van der Waals surface area contributed by atoms with Gasteiger partial charge < -0.3 is 10.1 Å². The molecule has 4 fully saturated rings. The molecule has 8 heteroatoms. The molecule has 180 valence electrons. The fourth-order valence-electron chi connectivity index (χ4n) is 6.96. The molecule has 1 amide bonds. The van der Waals surface area contributed by atoms with Crippen LogP contribution >= 0.6 is 0 Å². The van der Waals surface area contributed by atoms with Crippen LogP contribution in [0, 0.1) is 24.2 Å². The number of carbonyl (C=O) groups is 2. The van der Waals surface area contributed by atoms with Gasteiger partial charge in [-0.1, -0.05) is 29.8 Å². The van der Waals surface area contributed by atoms with Gasteiger partial charge in [0.15, 0.2) is 6.61 Å². The number of amides is 1. The van der Waals surface area contributed by atoms with E-state index in [0.717, 1.165) is 32.1 Å². The molecule has 34 heavy (non-hydrogen) atoms. The second-order valence-corrected chi connectivity index (χ2v) is 12.1. The number of sulfonamides is 1. The highest BCUT2D eigenvalue weighted by atomic mass is 32.2. The van der Waals surface area contributed by atoms with Crippen molar-refractivity contribution in [2.45, 2.75) is 55.8 Å². The summed E-state index contributed by atoms with van der Waals surface area (Å²) < 4.78 is 28.3. The molecule has 4 bridgehead atoms. The largest absolute Gasteiger partial charge is 0.455 e. The van der Waals surface area contributed by atoms with E-state index < -0.39 is 21.3 Å². The lowest BCUT2D eigenvalue weighted by atomic mass is 9.43. The van der Waals surface area contributed by atoms with Crippen LogP contribution < -0.4 is 10.5 Å². The lowest BCUT2D eigenvalue weighted by Crippen LogP contribution is -2.57. The van der Waals surface area contributed by atoms with Gasteiger partial charge in [0, 0.05) is 5.69 Å². The van der Waals surface area contributed by atoms with Gasteiger partial charge in [-0.2, -0.15) is 0 Å². The molecule has 6 rings (SSSR count). The number of esters is 1. The molecule has 4 saturated carbocycles. The molecule has 2 aromatic rings. The maximum absolute atomic E-state index is 13.4. The smallest absolute Gasteiger partial charge is 0.312 e. The quantitative estimate of drug-likeness (QED) is 0.610. The number of nitrogens with one attached hydrogen (secondary N) is 1. The standard InChI is InChI=1S/C26H30N2O5S/c1-17-2-4-20(5-3-17)25-11-18-10-19(12-25)14-26(13-18,16-25)24(30)33-15-23(29)28-21-6-8-22(9-7-21)34(27,31)32/h2-9,18-19H,10-16H2,1H3,(H,28,29)(H2,27,31,32)/t18-,19+,25?,26?. The van der Waals surface area contributed by atoms with E-state index in [0.29, 0.717) is 17.5 Å². The molecule has 0 radical (unpaired) electrons. The number of hydrogen-bond donors (Lipinski definition) is 2. The van der Waals surface area contributed by atoms with E-state index in [1.807, 2.05) is 0 Å². The second-order valence-electron chi connectivity index (χ2n) is 10.6. The summed E-state index contributed by atoms with van der Waals surface area (Å²) in [5.74, 6) is 0.301. The first kappa shape index (κ1) is 23.1. The van der Waals surface area contributed by atoms with Gasteiger partial charge in [0.2, 0.25) is 10.0 Å². The SMILES string of the molecule is Cc1ccc(C23C[C@@H]4C[C@@H](CC(C(=O)OCC(=O)Nc5ccc(S(N)(=O)=O)cc5)(C4)C2)C3)cc1. The number of primary sulfonamides is 1. The van der Waals surface area contributed by atoms with E-state index >= 15 is 0 Å². The Morgan fingerprint density at radius 2 is 1.62 bits per heavy atom. The molecule has 4 aliphatic rings. The Morgan fingerprint density at radius 1 is 1.00 bits per heavy atom.